The number of nitrogens with zero attached hydrogens (tertiary/aromatic N) is 1. The number of carbonyl (C=O) groups excluding carboxylic acids is 1. The van der Waals surface area contributed by atoms with Gasteiger partial charge in [-0.05, 0) is 33.1 Å². The molecule has 1 heterocycles. The van der Waals surface area contributed by atoms with E-state index in [1.165, 1.54) is 0 Å². The van der Waals surface area contributed by atoms with Gasteiger partial charge in [-0.25, -0.2) is 0 Å². The minimum absolute atomic E-state index is 0.00483. The van der Waals surface area contributed by atoms with Gasteiger partial charge in [-0.15, -0.1) is 0 Å². The lowest BCUT2D eigenvalue weighted by atomic mass is 10.00. The number of hydrogen-bond acceptors (Lipinski definition) is 2. The van der Waals surface area contributed by atoms with Gasteiger partial charge in [0.1, 0.15) is 5.72 Å². The van der Waals surface area contributed by atoms with E-state index in [1.54, 1.807) is 4.90 Å². The molecule has 17 heavy (non-hydrogen) atoms. The Morgan fingerprint density at radius 1 is 1.41 bits per heavy atom. The van der Waals surface area contributed by atoms with Crippen molar-refractivity contribution in [3.05, 3.63) is 0 Å². The van der Waals surface area contributed by atoms with Crippen LogP contribution in [0.3, 0.4) is 0 Å². The average Bonchev–Trinajstić information content (AvgIpc) is 2.35. The summed E-state index contributed by atoms with van der Waals surface area (Å²) < 4.78 is 5.94. The molecule has 1 aliphatic rings. The molecule has 3 nitrogen and oxygen atoms in total. The quantitative estimate of drug-likeness (QED) is 0.744. The second-order valence-corrected chi connectivity index (χ2v) is 6.44. The van der Waals surface area contributed by atoms with E-state index in [2.05, 4.69) is 13.8 Å². The zero-order valence-electron chi connectivity index (χ0n) is 11.0. The highest BCUT2D eigenvalue weighted by atomic mass is 35.5. The third-order valence-corrected chi connectivity index (χ3v) is 3.62. The molecule has 1 amide bonds. The summed E-state index contributed by atoms with van der Waals surface area (Å²) in [5, 5.41) is 0. The highest BCUT2D eigenvalue weighted by Gasteiger charge is 2.49. The maximum atomic E-state index is 12.1. The van der Waals surface area contributed by atoms with Gasteiger partial charge in [0.25, 0.3) is 5.91 Å². The Balaban J connectivity index is 2.99. The Morgan fingerprint density at radius 3 is 2.35 bits per heavy atom. The Bertz CT molecular complexity index is 292. The first-order valence-corrected chi connectivity index (χ1v) is 6.85. The molecule has 0 N–H and O–H groups in total. The first kappa shape index (κ1) is 15.1. The van der Waals surface area contributed by atoms with Gasteiger partial charge in [0.2, 0.25) is 0 Å². The minimum Gasteiger partial charge on any atom is -0.351 e. The predicted octanol–water partition coefficient (Wildman–Crippen LogP) is 3.19. The fourth-order valence-corrected chi connectivity index (χ4v) is 2.85. The summed E-state index contributed by atoms with van der Waals surface area (Å²) in [5.41, 5.74) is -0.605. The molecule has 1 fully saturated rings. The summed E-state index contributed by atoms with van der Waals surface area (Å²) in [4.78, 5) is 12.7. The summed E-state index contributed by atoms with van der Waals surface area (Å²) in [6.07, 6.45) is 0.767. The molecule has 1 rings (SSSR count). The van der Waals surface area contributed by atoms with E-state index in [9.17, 15) is 4.79 Å². The molecule has 100 valence electrons. The van der Waals surface area contributed by atoms with Crippen molar-refractivity contribution in [1.82, 2.24) is 4.90 Å². The summed E-state index contributed by atoms with van der Waals surface area (Å²) in [5.74, 6) is 0.158. The zero-order chi connectivity index (χ0) is 13.4. The lowest BCUT2D eigenvalue weighted by Gasteiger charge is -2.37. The fraction of sp³-hybridized carbons (Fsp3) is 0.917. The molecule has 0 saturated carbocycles. The van der Waals surface area contributed by atoms with Crippen LogP contribution in [0, 0.1) is 5.92 Å². The van der Waals surface area contributed by atoms with E-state index in [-0.39, 0.29) is 18.1 Å². The standard InChI is InChI=1S/C12H21Cl2NO2/c1-7(2)6-12(5)15(11(16)10(13)14)8(3)9(4)17-12/h7-10H,6H2,1-5H3. The molecule has 5 heteroatoms. The Labute approximate surface area is 113 Å². The van der Waals surface area contributed by atoms with Crippen molar-refractivity contribution < 1.29 is 9.53 Å². The predicted molar refractivity (Wildman–Crippen MR) is 70.2 cm³/mol. The average molecular weight is 282 g/mol. The van der Waals surface area contributed by atoms with Crippen molar-refractivity contribution in [3.8, 4) is 0 Å². The van der Waals surface area contributed by atoms with Crippen LogP contribution < -0.4 is 0 Å². The van der Waals surface area contributed by atoms with Gasteiger partial charge in [0.15, 0.2) is 4.84 Å². The van der Waals surface area contributed by atoms with E-state index in [0.29, 0.717) is 5.92 Å². The molecule has 0 aromatic rings. The van der Waals surface area contributed by atoms with Crippen LogP contribution in [-0.2, 0) is 9.53 Å². The van der Waals surface area contributed by atoms with Gasteiger partial charge in [-0.2, -0.15) is 0 Å². The number of amides is 1. The van der Waals surface area contributed by atoms with Crippen molar-refractivity contribution in [2.45, 2.75) is 63.7 Å². The van der Waals surface area contributed by atoms with Crippen LogP contribution in [0.15, 0.2) is 0 Å². The molecule has 3 unspecified atom stereocenters. The summed E-state index contributed by atoms with van der Waals surface area (Å²) >= 11 is 11.4. The third kappa shape index (κ3) is 3.07. The normalized spacial score (nSPS) is 33.8. The largest absolute Gasteiger partial charge is 0.351 e. The van der Waals surface area contributed by atoms with Gasteiger partial charge in [-0.3, -0.25) is 4.79 Å². The van der Waals surface area contributed by atoms with Crippen LogP contribution in [0.4, 0.5) is 0 Å². The first-order chi connectivity index (χ1) is 7.69. The van der Waals surface area contributed by atoms with Crippen molar-refractivity contribution >= 4 is 29.1 Å². The fourth-order valence-electron chi connectivity index (χ4n) is 2.64. The second kappa shape index (κ2) is 5.33. The molecule has 1 saturated heterocycles. The Kier molecular flexibility index (Phi) is 4.73. The summed E-state index contributed by atoms with van der Waals surface area (Å²) in [6, 6.07) is -0.00810. The molecule has 0 bridgehead atoms. The topological polar surface area (TPSA) is 29.5 Å². The van der Waals surface area contributed by atoms with Crippen molar-refractivity contribution in [2.24, 2.45) is 5.92 Å². The minimum atomic E-state index is -1.03. The maximum Gasteiger partial charge on any atom is 0.258 e. The molecular weight excluding hydrogens is 261 g/mol. The first-order valence-electron chi connectivity index (χ1n) is 5.98. The van der Waals surface area contributed by atoms with Crippen molar-refractivity contribution in [2.75, 3.05) is 0 Å². The van der Waals surface area contributed by atoms with Crippen molar-refractivity contribution in [1.29, 1.82) is 0 Å². The van der Waals surface area contributed by atoms with E-state index in [1.807, 2.05) is 20.8 Å². The van der Waals surface area contributed by atoms with E-state index in [0.717, 1.165) is 6.42 Å². The van der Waals surface area contributed by atoms with Crippen LogP contribution in [0.1, 0.15) is 41.0 Å². The third-order valence-electron chi connectivity index (χ3n) is 3.25. The van der Waals surface area contributed by atoms with Crippen LogP contribution in [0.2, 0.25) is 0 Å². The van der Waals surface area contributed by atoms with Crippen LogP contribution in [-0.4, -0.2) is 33.5 Å². The van der Waals surface area contributed by atoms with Crippen molar-refractivity contribution in [3.63, 3.8) is 0 Å². The lowest BCUT2D eigenvalue weighted by Crippen LogP contribution is -2.51. The van der Waals surface area contributed by atoms with Crippen LogP contribution in [0.5, 0.6) is 0 Å². The van der Waals surface area contributed by atoms with Crippen LogP contribution >= 0.6 is 23.2 Å². The summed E-state index contributed by atoms with van der Waals surface area (Å²) in [7, 11) is 0. The van der Waals surface area contributed by atoms with Gasteiger partial charge < -0.3 is 9.64 Å². The molecule has 0 aromatic heterocycles. The van der Waals surface area contributed by atoms with E-state index in [4.69, 9.17) is 27.9 Å². The SMILES string of the molecule is CC(C)CC1(C)OC(C)C(C)N1C(=O)C(Cl)Cl. The number of alkyl halides is 2. The Morgan fingerprint density at radius 2 is 1.94 bits per heavy atom. The molecular formula is C12H21Cl2NO2. The smallest absolute Gasteiger partial charge is 0.258 e. The number of hydrogen-bond donors (Lipinski definition) is 0. The van der Waals surface area contributed by atoms with Gasteiger partial charge in [-0.1, -0.05) is 37.0 Å². The number of rotatable bonds is 3. The highest BCUT2D eigenvalue weighted by Crippen LogP contribution is 2.37. The lowest BCUT2D eigenvalue weighted by molar-refractivity contribution is -0.150. The summed E-state index contributed by atoms with van der Waals surface area (Å²) in [6.45, 7) is 10.1. The monoisotopic (exact) mass is 281 g/mol. The van der Waals surface area contributed by atoms with E-state index >= 15 is 0 Å². The highest BCUT2D eigenvalue weighted by molar-refractivity contribution is 6.53. The maximum absolute atomic E-state index is 12.1. The van der Waals surface area contributed by atoms with Gasteiger partial charge in [0, 0.05) is 0 Å². The molecule has 3 atom stereocenters. The zero-order valence-corrected chi connectivity index (χ0v) is 12.5. The molecule has 0 aliphatic carbocycles. The molecule has 0 radical (unpaired) electrons. The molecule has 0 spiro atoms. The number of halogens is 2. The molecule has 1 aliphatic heterocycles. The van der Waals surface area contributed by atoms with Gasteiger partial charge >= 0.3 is 0 Å². The second-order valence-electron chi connectivity index (χ2n) is 5.35. The molecule has 0 aromatic carbocycles. The van der Waals surface area contributed by atoms with Crippen LogP contribution in [0.25, 0.3) is 0 Å². The number of ether oxygens (including phenoxy) is 1. The number of carbonyl (C=O) groups is 1. The van der Waals surface area contributed by atoms with Gasteiger partial charge in [0.05, 0.1) is 12.1 Å². The van der Waals surface area contributed by atoms with E-state index < -0.39 is 10.6 Å². The Hall–Kier alpha value is 0.01000.